The van der Waals surface area contributed by atoms with E-state index >= 15 is 0 Å². The van der Waals surface area contributed by atoms with Crippen molar-refractivity contribution in [3.05, 3.63) is 35.1 Å². The van der Waals surface area contributed by atoms with Gasteiger partial charge in [-0.05, 0) is 11.6 Å². The van der Waals surface area contributed by atoms with Gasteiger partial charge in [0.05, 0.1) is 0 Å². The van der Waals surface area contributed by atoms with Crippen molar-refractivity contribution in [2.24, 2.45) is 0 Å². The molecule has 0 fully saturated rings. The molecule has 14 heavy (non-hydrogen) atoms. The van der Waals surface area contributed by atoms with E-state index in [9.17, 15) is 13.2 Å². The molecule has 0 nitrogen and oxygen atoms in total. The second-order valence-electron chi connectivity index (χ2n) is 2.65. The summed E-state index contributed by atoms with van der Waals surface area (Å²) >= 11 is 16.1. The molecule has 0 N–H and O–H groups in total. The van der Waals surface area contributed by atoms with Gasteiger partial charge in [-0.15, -0.1) is 0 Å². The molecule has 1 aromatic carbocycles. The highest BCUT2D eigenvalue weighted by atomic mass is 35.6. The highest BCUT2D eigenvalue weighted by Gasteiger charge is 2.23. The minimum absolute atomic E-state index is 0.177. The predicted molar refractivity (Wildman–Crippen MR) is 50.3 cm³/mol. The van der Waals surface area contributed by atoms with Gasteiger partial charge in [0, 0.05) is 12.5 Å². The minimum Gasteiger partial charge on any atom is -0.207 e. The maximum atomic E-state index is 13.0. The molecule has 0 aliphatic heterocycles. The predicted octanol–water partition coefficient (Wildman–Crippen LogP) is 4.02. The molecule has 0 atom stereocenters. The lowest BCUT2D eigenvalue weighted by Gasteiger charge is -2.11. The van der Waals surface area contributed by atoms with Crippen molar-refractivity contribution in [3.63, 3.8) is 0 Å². The first-order valence-corrected chi connectivity index (χ1v) is 4.63. The Morgan fingerprint density at radius 1 is 0.929 bits per heavy atom. The lowest BCUT2D eigenvalue weighted by atomic mass is 10.1. The van der Waals surface area contributed by atoms with Crippen molar-refractivity contribution in [2.75, 3.05) is 0 Å². The summed E-state index contributed by atoms with van der Waals surface area (Å²) in [6.07, 6.45) is -0.319. The summed E-state index contributed by atoms with van der Waals surface area (Å²) < 4.78 is 36.4. The van der Waals surface area contributed by atoms with Gasteiger partial charge in [0.15, 0.2) is 15.4 Å². The number of alkyl halides is 3. The van der Waals surface area contributed by atoms with E-state index in [1.165, 1.54) is 0 Å². The van der Waals surface area contributed by atoms with Crippen LogP contribution in [0.15, 0.2) is 12.1 Å². The van der Waals surface area contributed by atoms with Crippen LogP contribution < -0.4 is 0 Å². The van der Waals surface area contributed by atoms with E-state index in [1.54, 1.807) is 0 Å². The first kappa shape index (κ1) is 12.0. The third-order valence-electron chi connectivity index (χ3n) is 1.48. The van der Waals surface area contributed by atoms with Gasteiger partial charge >= 0.3 is 0 Å². The van der Waals surface area contributed by atoms with Crippen LogP contribution in [0.3, 0.4) is 0 Å². The summed E-state index contributed by atoms with van der Waals surface area (Å²) in [4.78, 5) is 0. The normalized spacial score (nSPS) is 11.9. The summed E-state index contributed by atoms with van der Waals surface area (Å²) in [5.41, 5.74) is -0.177. The minimum atomic E-state index is -1.73. The Kier molecular flexibility index (Phi) is 3.56. The largest absolute Gasteiger partial charge is 0.207 e. The quantitative estimate of drug-likeness (QED) is 0.530. The number of hydrogen-bond donors (Lipinski definition) is 0. The number of halogens is 6. The van der Waals surface area contributed by atoms with Gasteiger partial charge in [0.25, 0.3) is 0 Å². The summed E-state index contributed by atoms with van der Waals surface area (Å²) in [6, 6.07) is 1.09. The zero-order chi connectivity index (χ0) is 10.9. The smallest absolute Gasteiger partial charge is 0.194 e. The Hall–Kier alpha value is -0.120. The third kappa shape index (κ3) is 3.23. The topological polar surface area (TPSA) is 0 Å². The van der Waals surface area contributed by atoms with Gasteiger partial charge in [-0.1, -0.05) is 34.8 Å². The van der Waals surface area contributed by atoms with Crippen LogP contribution >= 0.6 is 34.8 Å². The van der Waals surface area contributed by atoms with Crippen LogP contribution in [0.25, 0.3) is 0 Å². The zero-order valence-electron chi connectivity index (χ0n) is 6.63. The molecule has 0 spiro atoms. The lowest BCUT2D eigenvalue weighted by Crippen LogP contribution is -2.09. The maximum Gasteiger partial charge on any atom is 0.194 e. The van der Waals surface area contributed by atoms with E-state index in [-0.39, 0.29) is 12.0 Å². The molecule has 0 radical (unpaired) electrons. The average molecular weight is 263 g/mol. The van der Waals surface area contributed by atoms with Crippen LogP contribution in [0.1, 0.15) is 5.56 Å². The van der Waals surface area contributed by atoms with Gasteiger partial charge in [-0.25, -0.2) is 13.2 Å². The molecule has 0 aliphatic rings. The van der Waals surface area contributed by atoms with Gasteiger partial charge < -0.3 is 0 Å². The Morgan fingerprint density at radius 2 is 1.43 bits per heavy atom. The molecule has 0 saturated carbocycles. The zero-order valence-corrected chi connectivity index (χ0v) is 8.90. The summed E-state index contributed by atoms with van der Waals surface area (Å²) in [5.74, 6) is -3.37. The lowest BCUT2D eigenvalue weighted by molar-refractivity contribution is 0.490. The van der Waals surface area contributed by atoms with Gasteiger partial charge in [0.1, 0.15) is 5.82 Å². The molecule has 0 unspecified atom stereocenters. The molecule has 0 amide bonds. The van der Waals surface area contributed by atoms with Crippen molar-refractivity contribution in [1.82, 2.24) is 0 Å². The van der Waals surface area contributed by atoms with Crippen molar-refractivity contribution < 1.29 is 13.2 Å². The molecule has 0 saturated heterocycles. The molecule has 1 rings (SSSR count). The molecule has 1 aromatic rings. The van der Waals surface area contributed by atoms with Gasteiger partial charge in [-0.2, -0.15) is 0 Å². The molecular formula is C8H4Cl3F3. The Balaban J connectivity index is 3.04. The van der Waals surface area contributed by atoms with Crippen LogP contribution in [-0.4, -0.2) is 3.79 Å². The summed E-state index contributed by atoms with van der Waals surface area (Å²) in [5, 5.41) is 0. The van der Waals surface area contributed by atoms with Crippen molar-refractivity contribution >= 4 is 34.8 Å². The Morgan fingerprint density at radius 3 is 1.93 bits per heavy atom. The number of rotatable bonds is 1. The summed E-state index contributed by atoms with van der Waals surface area (Å²) in [6.45, 7) is 0. The Labute approximate surface area is 93.6 Å². The molecule has 0 heterocycles. The van der Waals surface area contributed by atoms with E-state index < -0.39 is 21.2 Å². The summed E-state index contributed by atoms with van der Waals surface area (Å²) in [7, 11) is 0. The number of benzene rings is 1. The number of hydrogen-bond acceptors (Lipinski definition) is 0. The van der Waals surface area contributed by atoms with Crippen molar-refractivity contribution in [3.8, 4) is 0 Å². The average Bonchev–Trinajstić information content (AvgIpc) is 1.97. The molecule has 0 bridgehead atoms. The molecule has 0 aromatic heterocycles. The highest BCUT2D eigenvalue weighted by molar-refractivity contribution is 6.67. The van der Waals surface area contributed by atoms with Crippen molar-refractivity contribution in [1.29, 1.82) is 0 Å². The monoisotopic (exact) mass is 262 g/mol. The maximum absolute atomic E-state index is 13.0. The SMILES string of the molecule is Fc1cc(F)c(CC(Cl)(Cl)Cl)cc1F. The highest BCUT2D eigenvalue weighted by Crippen LogP contribution is 2.31. The standard InChI is InChI=1S/C8H4Cl3F3/c9-8(10,11)3-4-1-6(13)7(14)2-5(4)12/h1-2H,3H2. The van der Waals surface area contributed by atoms with Crippen molar-refractivity contribution in [2.45, 2.75) is 10.2 Å². The van der Waals surface area contributed by atoms with E-state index in [1.807, 2.05) is 0 Å². The van der Waals surface area contributed by atoms with E-state index in [2.05, 4.69) is 0 Å². The van der Waals surface area contributed by atoms with E-state index in [0.29, 0.717) is 12.1 Å². The third-order valence-corrected chi connectivity index (χ3v) is 1.88. The van der Waals surface area contributed by atoms with Crippen LogP contribution in [0.5, 0.6) is 0 Å². The fourth-order valence-corrected chi connectivity index (χ4v) is 1.35. The van der Waals surface area contributed by atoms with Crippen LogP contribution in [0, 0.1) is 17.5 Å². The van der Waals surface area contributed by atoms with Crippen LogP contribution in [0.4, 0.5) is 13.2 Å². The molecular weight excluding hydrogens is 259 g/mol. The Bertz CT molecular complexity index is 346. The molecule has 0 aliphatic carbocycles. The fourth-order valence-electron chi connectivity index (χ4n) is 0.915. The van der Waals surface area contributed by atoms with E-state index in [4.69, 9.17) is 34.8 Å². The fraction of sp³-hybridized carbons (Fsp3) is 0.250. The van der Waals surface area contributed by atoms with E-state index in [0.717, 1.165) is 0 Å². The first-order valence-electron chi connectivity index (χ1n) is 3.50. The van der Waals surface area contributed by atoms with Gasteiger partial charge in [0.2, 0.25) is 0 Å². The van der Waals surface area contributed by atoms with Crippen LogP contribution in [0.2, 0.25) is 0 Å². The van der Waals surface area contributed by atoms with Crippen LogP contribution in [-0.2, 0) is 6.42 Å². The van der Waals surface area contributed by atoms with Gasteiger partial charge in [-0.3, -0.25) is 0 Å². The second kappa shape index (κ2) is 4.17. The first-order chi connectivity index (χ1) is 6.29. The molecule has 6 heteroatoms. The molecule has 78 valence electrons. The second-order valence-corrected chi connectivity index (χ2v) is 5.17.